The lowest BCUT2D eigenvalue weighted by atomic mass is 10.0. The minimum Gasteiger partial charge on any atom is -0.494 e. The molecule has 4 heteroatoms. The second-order valence-corrected chi connectivity index (χ2v) is 5.31. The van der Waals surface area contributed by atoms with Crippen molar-refractivity contribution in [3.05, 3.63) is 28.0 Å². The number of hydrogen-bond acceptors (Lipinski definition) is 2. The summed E-state index contributed by atoms with van der Waals surface area (Å²) in [5.74, 6) is -0.0635. The van der Waals surface area contributed by atoms with Gasteiger partial charge in [-0.1, -0.05) is 0 Å². The van der Waals surface area contributed by atoms with Crippen LogP contribution in [0.15, 0.2) is 16.6 Å². The van der Waals surface area contributed by atoms with Crippen LogP contribution in [-0.2, 0) is 6.42 Å². The number of benzene rings is 1. The fraction of sp³-hybridized carbons (Fsp3) is 0.500. The van der Waals surface area contributed by atoms with E-state index in [-0.39, 0.29) is 17.1 Å². The van der Waals surface area contributed by atoms with Gasteiger partial charge in [-0.3, -0.25) is 0 Å². The number of nitrogens with two attached hydrogens (primary N) is 1. The van der Waals surface area contributed by atoms with Crippen molar-refractivity contribution in [1.29, 1.82) is 0 Å². The molecule has 0 amide bonds. The lowest BCUT2D eigenvalue weighted by Gasteiger charge is -2.10. The van der Waals surface area contributed by atoms with E-state index in [0.717, 1.165) is 31.2 Å². The van der Waals surface area contributed by atoms with Gasteiger partial charge in [0, 0.05) is 5.54 Å². The molecule has 0 unspecified atom stereocenters. The van der Waals surface area contributed by atoms with Gasteiger partial charge in [-0.25, -0.2) is 4.39 Å². The third-order valence-electron chi connectivity index (χ3n) is 3.08. The standard InChI is InChI=1S/C12H15BrFNO/c1-16-10-7-8(6-9(13)11(10)14)2-3-12(15)4-5-12/h6-7H,2-5,15H2,1H3. The first-order valence-electron chi connectivity index (χ1n) is 5.35. The van der Waals surface area contributed by atoms with E-state index in [1.807, 2.05) is 0 Å². The maximum Gasteiger partial charge on any atom is 0.179 e. The zero-order valence-electron chi connectivity index (χ0n) is 9.22. The van der Waals surface area contributed by atoms with Crippen molar-refractivity contribution in [3.8, 4) is 5.75 Å². The van der Waals surface area contributed by atoms with Gasteiger partial charge < -0.3 is 10.5 Å². The number of hydrogen-bond donors (Lipinski definition) is 1. The monoisotopic (exact) mass is 287 g/mol. The zero-order valence-corrected chi connectivity index (χ0v) is 10.8. The van der Waals surface area contributed by atoms with Crippen LogP contribution in [0.25, 0.3) is 0 Å². The third kappa shape index (κ3) is 2.55. The second kappa shape index (κ2) is 4.34. The van der Waals surface area contributed by atoms with Gasteiger partial charge in [0.1, 0.15) is 0 Å². The number of halogens is 2. The minimum atomic E-state index is -0.347. The summed E-state index contributed by atoms with van der Waals surface area (Å²) >= 11 is 3.19. The highest BCUT2D eigenvalue weighted by molar-refractivity contribution is 9.10. The third-order valence-corrected chi connectivity index (χ3v) is 3.66. The Kier molecular flexibility index (Phi) is 3.22. The van der Waals surface area contributed by atoms with Crippen LogP contribution in [0.1, 0.15) is 24.8 Å². The van der Waals surface area contributed by atoms with Crippen molar-refractivity contribution in [2.24, 2.45) is 5.73 Å². The van der Waals surface area contributed by atoms with Crippen LogP contribution in [0.3, 0.4) is 0 Å². The molecule has 16 heavy (non-hydrogen) atoms. The van der Waals surface area contributed by atoms with Gasteiger partial charge >= 0.3 is 0 Å². The van der Waals surface area contributed by atoms with E-state index < -0.39 is 0 Å². The predicted molar refractivity (Wildman–Crippen MR) is 65.1 cm³/mol. The van der Waals surface area contributed by atoms with Crippen LogP contribution in [0.4, 0.5) is 4.39 Å². The molecule has 1 aliphatic rings. The van der Waals surface area contributed by atoms with Crippen LogP contribution in [0, 0.1) is 5.82 Å². The second-order valence-electron chi connectivity index (χ2n) is 4.46. The van der Waals surface area contributed by atoms with Crippen molar-refractivity contribution in [2.45, 2.75) is 31.2 Å². The molecular weight excluding hydrogens is 273 g/mol. The van der Waals surface area contributed by atoms with Crippen molar-refractivity contribution in [1.82, 2.24) is 0 Å². The highest BCUT2D eigenvalue weighted by Crippen LogP contribution is 2.37. The average Bonchev–Trinajstić information content (AvgIpc) is 2.99. The molecule has 0 bridgehead atoms. The fourth-order valence-electron chi connectivity index (χ4n) is 1.71. The topological polar surface area (TPSA) is 35.2 Å². The molecule has 0 aliphatic heterocycles. The van der Waals surface area contributed by atoms with Crippen LogP contribution >= 0.6 is 15.9 Å². The van der Waals surface area contributed by atoms with Crippen molar-refractivity contribution < 1.29 is 9.13 Å². The van der Waals surface area contributed by atoms with Crippen LogP contribution < -0.4 is 10.5 Å². The number of methoxy groups -OCH3 is 1. The Morgan fingerprint density at radius 3 is 2.75 bits per heavy atom. The first-order valence-corrected chi connectivity index (χ1v) is 6.14. The fourth-order valence-corrected chi connectivity index (χ4v) is 2.20. The van der Waals surface area contributed by atoms with E-state index in [0.29, 0.717) is 4.47 Å². The van der Waals surface area contributed by atoms with Gasteiger partial charge in [-0.15, -0.1) is 0 Å². The SMILES string of the molecule is COc1cc(CCC2(N)CC2)cc(Br)c1F. The molecule has 0 spiro atoms. The van der Waals surface area contributed by atoms with Crippen LogP contribution in [0.5, 0.6) is 5.75 Å². The molecule has 88 valence electrons. The van der Waals surface area contributed by atoms with E-state index in [2.05, 4.69) is 15.9 Å². The summed E-state index contributed by atoms with van der Waals surface area (Å²) in [5.41, 5.74) is 7.11. The van der Waals surface area contributed by atoms with Crippen molar-refractivity contribution in [3.63, 3.8) is 0 Å². The Hall–Kier alpha value is -0.610. The molecule has 2 N–H and O–H groups in total. The molecule has 1 fully saturated rings. The molecular formula is C12H15BrFNO. The molecule has 0 saturated heterocycles. The summed E-state index contributed by atoms with van der Waals surface area (Å²) in [5, 5.41) is 0. The minimum absolute atomic E-state index is 0.0358. The Morgan fingerprint density at radius 1 is 1.50 bits per heavy atom. The number of ether oxygens (including phenoxy) is 1. The number of aryl methyl sites for hydroxylation is 1. The first-order chi connectivity index (χ1) is 7.54. The van der Waals surface area contributed by atoms with Gasteiger partial charge in [0.25, 0.3) is 0 Å². The largest absolute Gasteiger partial charge is 0.494 e. The summed E-state index contributed by atoms with van der Waals surface area (Å²) in [6.07, 6.45) is 4.03. The van der Waals surface area contributed by atoms with Crippen molar-refractivity contribution in [2.75, 3.05) is 7.11 Å². The molecule has 1 aromatic carbocycles. The van der Waals surface area contributed by atoms with E-state index in [1.54, 1.807) is 12.1 Å². The summed E-state index contributed by atoms with van der Waals surface area (Å²) in [4.78, 5) is 0. The Bertz CT molecular complexity index is 404. The molecule has 0 atom stereocenters. The highest BCUT2D eigenvalue weighted by Gasteiger charge is 2.37. The van der Waals surface area contributed by atoms with E-state index in [1.165, 1.54) is 7.11 Å². The van der Waals surface area contributed by atoms with Gasteiger partial charge in [-0.2, -0.15) is 0 Å². The molecule has 0 aromatic heterocycles. The maximum atomic E-state index is 13.5. The molecule has 2 rings (SSSR count). The lowest BCUT2D eigenvalue weighted by molar-refractivity contribution is 0.384. The van der Waals surface area contributed by atoms with E-state index in [4.69, 9.17) is 10.5 Å². The summed E-state index contributed by atoms with van der Waals surface area (Å²) in [6, 6.07) is 3.54. The molecule has 1 aliphatic carbocycles. The smallest absolute Gasteiger partial charge is 0.179 e. The molecule has 1 aromatic rings. The van der Waals surface area contributed by atoms with Gasteiger partial charge in [0.15, 0.2) is 11.6 Å². The summed E-state index contributed by atoms with van der Waals surface area (Å²) in [6.45, 7) is 0. The first kappa shape index (κ1) is 11.9. The van der Waals surface area contributed by atoms with E-state index >= 15 is 0 Å². The average molecular weight is 288 g/mol. The Balaban J connectivity index is 2.11. The Labute approximate surface area is 103 Å². The summed E-state index contributed by atoms with van der Waals surface area (Å²) in [7, 11) is 1.47. The van der Waals surface area contributed by atoms with Gasteiger partial charge in [-0.05, 0) is 59.3 Å². The Morgan fingerprint density at radius 2 is 2.19 bits per heavy atom. The quantitative estimate of drug-likeness (QED) is 0.924. The highest BCUT2D eigenvalue weighted by atomic mass is 79.9. The normalized spacial score (nSPS) is 17.2. The maximum absolute atomic E-state index is 13.5. The number of rotatable bonds is 4. The van der Waals surface area contributed by atoms with Crippen molar-refractivity contribution >= 4 is 15.9 Å². The van der Waals surface area contributed by atoms with E-state index in [9.17, 15) is 4.39 Å². The zero-order chi connectivity index (χ0) is 11.8. The van der Waals surface area contributed by atoms with Crippen LogP contribution in [0.2, 0.25) is 0 Å². The molecule has 2 nitrogen and oxygen atoms in total. The van der Waals surface area contributed by atoms with Gasteiger partial charge in [0.05, 0.1) is 11.6 Å². The lowest BCUT2D eigenvalue weighted by Crippen LogP contribution is -2.22. The molecule has 0 heterocycles. The van der Waals surface area contributed by atoms with Gasteiger partial charge in [0.2, 0.25) is 0 Å². The molecule has 0 radical (unpaired) electrons. The van der Waals surface area contributed by atoms with Crippen LogP contribution in [-0.4, -0.2) is 12.6 Å². The predicted octanol–water partition coefficient (Wildman–Crippen LogP) is 3.02. The molecule has 1 saturated carbocycles. The summed E-state index contributed by atoms with van der Waals surface area (Å²) < 4.78 is 18.9.